The molecule has 2 fully saturated rings. The second kappa shape index (κ2) is 9.17. The first-order valence-corrected chi connectivity index (χ1v) is 13.1. The summed E-state index contributed by atoms with van der Waals surface area (Å²) in [6.07, 6.45) is 0.701. The molecule has 4 rings (SSSR count). The average molecular weight is 466 g/mol. The van der Waals surface area contributed by atoms with E-state index < -0.39 is 9.84 Å². The molecule has 1 unspecified atom stereocenters. The number of para-hydroxylation sites is 1. The number of hydrogen-bond acceptors (Lipinski definition) is 8. The maximum Gasteiger partial charge on any atom is 0.233 e. The third kappa shape index (κ3) is 4.88. The number of nitrogens with zero attached hydrogens (tertiary/aromatic N) is 5. The zero-order valence-electron chi connectivity index (χ0n) is 17.7. The van der Waals surface area contributed by atoms with Gasteiger partial charge in [-0.25, -0.2) is 8.42 Å². The van der Waals surface area contributed by atoms with Crippen LogP contribution in [0.15, 0.2) is 29.4 Å². The van der Waals surface area contributed by atoms with Crippen molar-refractivity contribution in [1.29, 1.82) is 0 Å². The third-order valence-corrected chi connectivity index (χ3v) is 8.65. The van der Waals surface area contributed by atoms with Gasteiger partial charge in [-0.15, -0.1) is 10.2 Å². The molecule has 2 aliphatic rings. The Bertz CT molecular complexity index is 1050. The Hall–Kier alpha value is -2.11. The summed E-state index contributed by atoms with van der Waals surface area (Å²) in [7, 11) is 0.609. The lowest BCUT2D eigenvalue weighted by Crippen LogP contribution is -2.52. The summed E-state index contributed by atoms with van der Waals surface area (Å²) in [6.45, 7) is 2.69. The van der Waals surface area contributed by atoms with Crippen molar-refractivity contribution in [3.05, 3.63) is 24.3 Å². The maximum absolute atomic E-state index is 12.7. The van der Waals surface area contributed by atoms with Gasteiger partial charge in [0.15, 0.2) is 20.8 Å². The van der Waals surface area contributed by atoms with E-state index in [1.807, 2.05) is 40.8 Å². The monoisotopic (exact) mass is 465 g/mol. The SMILES string of the molecule is COc1ccccc1-c1nnc(SCC(=O)N2CCN(C3CCS(=O)(=O)C3)CC2)n1C. The molecule has 31 heavy (non-hydrogen) atoms. The van der Waals surface area contributed by atoms with Gasteiger partial charge in [-0.3, -0.25) is 9.69 Å². The number of hydrogen-bond donors (Lipinski definition) is 0. The van der Waals surface area contributed by atoms with Crippen LogP contribution in [0.2, 0.25) is 0 Å². The van der Waals surface area contributed by atoms with E-state index in [1.165, 1.54) is 11.8 Å². The van der Waals surface area contributed by atoms with Gasteiger partial charge in [-0.1, -0.05) is 23.9 Å². The van der Waals surface area contributed by atoms with Crippen molar-refractivity contribution in [1.82, 2.24) is 24.6 Å². The number of carbonyl (C=O) groups is 1. The second-order valence-electron chi connectivity index (χ2n) is 7.83. The van der Waals surface area contributed by atoms with Crippen molar-refractivity contribution in [2.45, 2.75) is 17.6 Å². The lowest BCUT2D eigenvalue weighted by molar-refractivity contribution is -0.130. The molecule has 1 amide bonds. The number of carbonyl (C=O) groups excluding carboxylic acids is 1. The van der Waals surface area contributed by atoms with Crippen molar-refractivity contribution < 1.29 is 17.9 Å². The Labute approximate surface area is 186 Å². The van der Waals surface area contributed by atoms with Crippen LogP contribution in [-0.4, -0.2) is 95.5 Å². The molecule has 0 spiro atoms. The number of sulfone groups is 1. The highest BCUT2D eigenvalue weighted by molar-refractivity contribution is 7.99. The highest BCUT2D eigenvalue weighted by atomic mass is 32.2. The molecule has 2 aliphatic heterocycles. The molecule has 1 aromatic heterocycles. The molecule has 3 heterocycles. The number of rotatable bonds is 6. The smallest absolute Gasteiger partial charge is 0.233 e. The van der Waals surface area contributed by atoms with Crippen LogP contribution in [0.25, 0.3) is 11.4 Å². The molecule has 0 N–H and O–H groups in total. The Morgan fingerprint density at radius 2 is 1.94 bits per heavy atom. The normalized spacial score (nSPS) is 21.4. The van der Waals surface area contributed by atoms with Crippen LogP contribution < -0.4 is 4.74 Å². The van der Waals surface area contributed by atoms with Gasteiger partial charge < -0.3 is 14.2 Å². The first kappa shape index (κ1) is 22.1. The summed E-state index contributed by atoms with van der Waals surface area (Å²) < 4.78 is 30.7. The Balaban J connectivity index is 1.31. The number of ether oxygens (including phenoxy) is 1. The molecule has 0 bridgehead atoms. The lowest BCUT2D eigenvalue weighted by Gasteiger charge is -2.37. The summed E-state index contributed by atoms with van der Waals surface area (Å²) in [6, 6.07) is 7.73. The summed E-state index contributed by atoms with van der Waals surface area (Å²) in [5, 5.41) is 9.20. The van der Waals surface area contributed by atoms with Crippen LogP contribution in [0, 0.1) is 0 Å². The van der Waals surface area contributed by atoms with Crippen LogP contribution in [0.3, 0.4) is 0 Å². The molecule has 0 aliphatic carbocycles. The number of piperazine rings is 1. The molecule has 1 atom stereocenters. The third-order valence-electron chi connectivity index (χ3n) is 5.90. The number of thioether (sulfide) groups is 1. The van der Waals surface area contributed by atoms with E-state index in [2.05, 4.69) is 15.1 Å². The van der Waals surface area contributed by atoms with Gasteiger partial charge in [0.25, 0.3) is 0 Å². The van der Waals surface area contributed by atoms with Crippen LogP contribution in [-0.2, 0) is 21.7 Å². The van der Waals surface area contributed by atoms with E-state index in [9.17, 15) is 13.2 Å². The van der Waals surface area contributed by atoms with Crippen molar-refractivity contribution in [3.63, 3.8) is 0 Å². The molecule has 0 radical (unpaired) electrons. The predicted octanol–water partition coefficient (Wildman–Crippen LogP) is 0.914. The van der Waals surface area contributed by atoms with E-state index in [0.717, 1.165) is 24.4 Å². The molecule has 2 aromatic rings. The highest BCUT2D eigenvalue weighted by Gasteiger charge is 2.34. The van der Waals surface area contributed by atoms with Gasteiger partial charge in [0, 0.05) is 39.3 Å². The minimum absolute atomic E-state index is 0.0607. The summed E-state index contributed by atoms with van der Waals surface area (Å²) in [4.78, 5) is 16.8. The molecule has 9 nitrogen and oxygen atoms in total. The molecule has 168 valence electrons. The van der Waals surface area contributed by atoms with Crippen LogP contribution in [0.5, 0.6) is 5.75 Å². The van der Waals surface area contributed by atoms with Gasteiger partial charge in [0.1, 0.15) is 5.75 Å². The minimum Gasteiger partial charge on any atom is -0.496 e. The first-order chi connectivity index (χ1) is 14.9. The van der Waals surface area contributed by atoms with Gasteiger partial charge in [0.2, 0.25) is 5.91 Å². The quantitative estimate of drug-likeness (QED) is 0.581. The number of aromatic nitrogens is 3. The van der Waals surface area contributed by atoms with Crippen LogP contribution in [0.1, 0.15) is 6.42 Å². The molecular formula is C20H27N5O4S2. The fraction of sp³-hybridized carbons (Fsp3) is 0.550. The standard InChI is InChI=1S/C20H27N5O4S2/c1-23-19(16-5-3-4-6-17(16)29-2)21-22-20(23)30-13-18(26)25-10-8-24(9-11-25)15-7-12-31(27,28)14-15/h3-6,15H,7-14H2,1-2H3. The zero-order valence-corrected chi connectivity index (χ0v) is 19.4. The summed E-state index contributed by atoms with van der Waals surface area (Å²) in [5.74, 6) is 2.28. The average Bonchev–Trinajstić information content (AvgIpc) is 3.33. The van der Waals surface area contributed by atoms with E-state index in [1.54, 1.807) is 7.11 Å². The second-order valence-corrected chi connectivity index (χ2v) is 11.0. The van der Waals surface area contributed by atoms with Gasteiger partial charge in [0.05, 0.1) is 29.9 Å². The fourth-order valence-corrected chi connectivity index (χ4v) is 6.70. The number of methoxy groups -OCH3 is 1. The Kier molecular flexibility index (Phi) is 6.54. The maximum atomic E-state index is 12.7. The van der Waals surface area contributed by atoms with E-state index >= 15 is 0 Å². The van der Waals surface area contributed by atoms with E-state index in [-0.39, 0.29) is 29.2 Å². The number of amides is 1. The molecule has 1 aromatic carbocycles. The van der Waals surface area contributed by atoms with Gasteiger partial charge in [-0.2, -0.15) is 0 Å². The van der Waals surface area contributed by atoms with Gasteiger partial charge in [-0.05, 0) is 18.6 Å². The largest absolute Gasteiger partial charge is 0.496 e. The number of benzene rings is 1. The van der Waals surface area contributed by atoms with Gasteiger partial charge >= 0.3 is 0 Å². The lowest BCUT2D eigenvalue weighted by atomic mass is 10.2. The minimum atomic E-state index is -2.89. The summed E-state index contributed by atoms with van der Waals surface area (Å²) in [5.41, 5.74) is 0.850. The molecule has 2 saturated heterocycles. The van der Waals surface area contributed by atoms with Crippen molar-refractivity contribution in [2.75, 3.05) is 50.5 Å². The topological polar surface area (TPSA) is 97.6 Å². The Morgan fingerprint density at radius 3 is 2.61 bits per heavy atom. The molecule has 11 heteroatoms. The fourth-order valence-electron chi connectivity index (χ4n) is 4.12. The Morgan fingerprint density at radius 1 is 1.19 bits per heavy atom. The highest BCUT2D eigenvalue weighted by Crippen LogP contribution is 2.30. The zero-order chi connectivity index (χ0) is 22.0. The predicted molar refractivity (Wildman–Crippen MR) is 119 cm³/mol. The first-order valence-electron chi connectivity index (χ1n) is 10.3. The van der Waals surface area contributed by atoms with Crippen LogP contribution in [0.4, 0.5) is 0 Å². The molecular weight excluding hydrogens is 438 g/mol. The van der Waals surface area contributed by atoms with Crippen molar-refractivity contribution in [2.24, 2.45) is 7.05 Å². The molecule has 0 saturated carbocycles. The van der Waals surface area contributed by atoms with E-state index in [4.69, 9.17) is 4.74 Å². The van der Waals surface area contributed by atoms with Crippen molar-refractivity contribution in [3.8, 4) is 17.1 Å². The van der Waals surface area contributed by atoms with E-state index in [0.29, 0.717) is 30.5 Å². The summed E-state index contributed by atoms with van der Waals surface area (Å²) >= 11 is 1.37. The van der Waals surface area contributed by atoms with Crippen LogP contribution >= 0.6 is 11.8 Å². The van der Waals surface area contributed by atoms with Crippen molar-refractivity contribution >= 4 is 27.5 Å².